The van der Waals surface area contributed by atoms with E-state index in [4.69, 9.17) is 5.73 Å². The number of nitrogens with one attached hydrogen (secondary N) is 2. The first-order chi connectivity index (χ1) is 15.1. The number of benzene rings is 1. The summed E-state index contributed by atoms with van der Waals surface area (Å²) in [6, 6.07) is 5.80. The number of hydrogen-bond donors (Lipinski definition) is 4. The highest BCUT2D eigenvalue weighted by molar-refractivity contribution is 5.94. The monoisotopic (exact) mass is 446 g/mol. The van der Waals surface area contributed by atoms with Crippen molar-refractivity contribution >= 4 is 23.7 Å². The van der Waals surface area contributed by atoms with E-state index in [1.807, 2.05) is 44.2 Å². The first kappa shape index (κ1) is 25.3. The van der Waals surface area contributed by atoms with E-state index in [1.165, 1.54) is 11.8 Å². The summed E-state index contributed by atoms with van der Waals surface area (Å²) < 4.78 is 0. The second-order valence-corrected chi connectivity index (χ2v) is 8.76. The third-order valence-corrected chi connectivity index (χ3v) is 5.47. The number of likely N-dealkylation sites (tertiary alicyclic amines) is 1. The molecule has 1 aliphatic rings. The van der Waals surface area contributed by atoms with Crippen LogP contribution in [-0.2, 0) is 25.6 Å². The van der Waals surface area contributed by atoms with E-state index in [0.29, 0.717) is 25.8 Å². The van der Waals surface area contributed by atoms with Gasteiger partial charge in [0.2, 0.25) is 17.7 Å². The van der Waals surface area contributed by atoms with Gasteiger partial charge in [0.05, 0.1) is 6.04 Å². The average molecular weight is 447 g/mol. The molecule has 32 heavy (non-hydrogen) atoms. The van der Waals surface area contributed by atoms with Crippen LogP contribution >= 0.6 is 0 Å². The highest BCUT2D eigenvalue weighted by Crippen LogP contribution is 2.20. The van der Waals surface area contributed by atoms with E-state index < -0.39 is 42.0 Å². The van der Waals surface area contributed by atoms with E-state index in [2.05, 4.69) is 10.6 Å². The number of nitrogens with zero attached hydrogens (tertiary/aromatic N) is 1. The van der Waals surface area contributed by atoms with Gasteiger partial charge in [0.15, 0.2) is 0 Å². The summed E-state index contributed by atoms with van der Waals surface area (Å²) in [7, 11) is 0. The van der Waals surface area contributed by atoms with Crippen LogP contribution in [0.1, 0.15) is 45.6 Å². The maximum absolute atomic E-state index is 13.4. The molecule has 3 amide bonds. The molecule has 1 fully saturated rings. The van der Waals surface area contributed by atoms with Crippen molar-refractivity contribution < 1.29 is 24.3 Å². The molecule has 1 aromatic carbocycles. The Balaban J connectivity index is 2.18. The Bertz CT molecular complexity index is 812. The van der Waals surface area contributed by atoms with Crippen LogP contribution < -0.4 is 16.4 Å². The van der Waals surface area contributed by atoms with E-state index in [9.17, 15) is 24.3 Å². The van der Waals surface area contributed by atoms with Crippen LogP contribution in [0.2, 0.25) is 0 Å². The first-order valence-electron chi connectivity index (χ1n) is 11.0. The zero-order valence-electron chi connectivity index (χ0n) is 18.9. The van der Waals surface area contributed by atoms with Crippen molar-refractivity contribution in [2.24, 2.45) is 11.7 Å². The van der Waals surface area contributed by atoms with Gasteiger partial charge in [0.1, 0.15) is 18.1 Å². The van der Waals surface area contributed by atoms with Gasteiger partial charge < -0.3 is 26.4 Å². The lowest BCUT2D eigenvalue weighted by molar-refractivity contribution is -0.145. The fourth-order valence-corrected chi connectivity index (χ4v) is 3.82. The van der Waals surface area contributed by atoms with Gasteiger partial charge in [-0.25, -0.2) is 4.79 Å². The second-order valence-electron chi connectivity index (χ2n) is 8.76. The van der Waals surface area contributed by atoms with Crippen LogP contribution in [0.15, 0.2) is 30.3 Å². The Labute approximate surface area is 188 Å². The summed E-state index contributed by atoms with van der Waals surface area (Å²) in [5.41, 5.74) is 6.53. The number of hydrogen-bond acceptors (Lipinski definition) is 5. The van der Waals surface area contributed by atoms with Gasteiger partial charge >= 0.3 is 5.97 Å². The fourth-order valence-electron chi connectivity index (χ4n) is 3.82. The summed E-state index contributed by atoms with van der Waals surface area (Å²) in [4.78, 5) is 51.5. The van der Waals surface area contributed by atoms with Gasteiger partial charge in [0.25, 0.3) is 0 Å². The molecule has 0 aromatic heterocycles. The zero-order chi connectivity index (χ0) is 23.8. The Morgan fingerprint density at radius 1 is 1.09 bits per heavy atom. The molecule has 9 nitrogen and oxygen atoms in total. The molecule has 1 saturated heterocycles. The molecule has 1 heterocycles. The second kappa shape index (κ2) is 11.6. The minimum Gasteiger partial charge on any atom is -0.480 e. The van der Waals surface area contributed by atoms with Gasteiger partial charge in [-0.3, -0.25) is 14.4 Å². The molecule has 1 aliphatic heterocycles. The lowest BCUT2D eigenvalue weighted by Crippen LogP contribution is -2.57. The molecule has 0 radical (unpaired) electrons. The molecule has 9 heteroatoms. The van der Waals surface area contributed by atoms with E-state index in [-0.39, 0.29) is 18.2 Å². The maximum atomic E-state index is 13.4. The van der Waals surface area contributed by atoms with Gasteiger partial charge in [-0.15, -0.1) is 0 Å². The molecule has 176 valence electrons. The summed E-state index contributed by atoms with van der Waals surface area (Å²) in [5.74, 6) is -2.34. The van der Waals surface area contributed by atoms with Gasteiger partial charge in [-0.2, -0.15) is 0 Å². The van der Waals surface area contributed by atoms with Gasteiger partial charge in [0, 0.05) is 13.0 Å². The van der Waals surface area contributed by atoms with Crippen molar-refractivity contribution in [3.8, 4) is 0 Å². The van der Waals surface area contributed by atoms with Crippen molar-refractivity contribution in [2.75, 3.05) is 6.54 Å². The zero-order valence-corrected chi connectivity index (χ0v) is 18.9. The molecular formula is C23H34N4O5. The number of carbonyl (C=O) groups is 4. The van der Waals surface area contributed by atoms with Crippen LogP contribution in [0.25, 0.3) is 0 Å². The van der Waals surface area contributed by atoms with Crippen molar-refractivity contribution in [1.82, 2.24) is 15.5 Å². The van der Waals surface area contributed by atoms with Crippen LogP contribution in [0.4, 0.5) is 0 Å². The fraction of sp³-hybridized carbons (Fsp3) is 0.565. The normalized spacial score (nSPS) is 18.7. The summed E-state index contributed by atoms with van der Waals surface area (Å²) in [6.07, 6.45) is 1.60. The maximum Gasteiger partial charge on any atom is 0.326 e. The molecular weight excluding hydrogens is 412 g/mol. The molecule has 1 aromatic rings. The number of aliphatic carboxylic acids is 1. The predicted octanol–water partition coefficient (Wildman–Crippen LogP) is 0.668. The van der Waals surface area contributed by atoms with Gasteiger partial charge in [-0.05, 0) is 37.7 Å². The topological polar surface area (TPSA) is 142 Å². The minimum absolute atomic E-state index is 0.0847. The van der Waals surface area contributed by atoms with E-state index in [1.54, 1.807) is 0 Å². The molecule has 2 rings (SSSR count). The summed E-state index contributed by atoms with van der Waals surface area (Å²) >= 11 is 0. The third-order valence-electron chi connectivity index (χ3n) is 5.47. The summed E-state index contributed by atoms with van der Waals surface area (Å²) in [5, 5.41) is 14.7. The Morgan fingerprint density at radius 2 is 1.75 bits per heavy atom. The molecule has 0 saturated carbocycles. The third kappa shape index (κ3) is 7.05. The molecule has 4 atom stereocenters. The van der Waals surface area contributed by atoms with Crippen LogP contribution in [0, 0.1) is 5.92 Å². The Kier molecular flexibility index (Phi) is 9.19. The molecule has 5 N–H and O–H groups in total. The standard InChI is InChI=1S/C23H34N4O5/c1-14(2)12-18(23(31)32)26-21(29)19-10-7-11-27(19)22(30)17(25-20(28)15(3)24)13-16-8-5-4-6-9-16/h4-6,8-9,14-15,17-19H,7,10-13,24H2,1-3H3,(H,25,28)(H,26,29)(H,31,32). The first-order valence-corrected chi connectivity index (χ1v) is 11.0. The van der Waals surface area contributed by atoms with Crippen molar-refractivity contribution in [1.29, 1.82) is 0 Å². The molecule has 4 unspecified atom stereocenters. The van der Waals surface area contributed by atoms with Crippen LogP contribution in [0.5, 0.6) is 0 Å². The smallest absolute Gasteiger partial charge is 0.326 e. The van der Waals surface area contributed by atoms with Gasteiger partial charge in [-0.1, -0.05) is 44.2 Å². The number of carbonyl (C=O) groups excluding carboxylic acids is 3. The minimum atomic E-state index is -1.10. The number of nitrogens with two attached hydrogens (primary N) is 1. The average Bonchev–Trinajstić information content (AvgIpc) is 3.22. The summed E-state index contributed by atoms with van der Waals surface area (Å²) in [6.45, 7) is 5.65. The number of amides is 3. The van der Waals surface area contributed by atoms with E-state index >= 15 is 0 Å². The highest BCUT2D eigenvalue weighted by Gasteiger charge is 2.39. The predicted molar refractivity (Wildman–Crippen MR) is 119 cm³/mol. The lowest BCUT2D eigenvalue weighted by atomic mass is 10.0. The van der Waals surface area contributed by atoms with Crippen LogP contribution in [0.3, 0.4) is 0 Å². The molecule has 0 aliphatic carbocycles. The Hall–Kier alpha value is -2.94. The largest absolute Gasteiger partial charge is 0.480 e. The number of carboxylic acids is 1. The van der Waals surface area contributed by atoms with E-state index in [0.717, 1.165) is 5.56 Å². The van der Waals surface area contributed by atoms with Crippen molar-refractivity contribution in [3.63, 3.8) is 0 Å². The van der Waals surface area contributed by atoms with Crippen LogP contribution in [-0.4, -0.2) is 64.4 Å². The quantitative estimate of drug-likeness (QED) is 0.416. The number of rotatable bonds is 10. The molecule has 0 spiro atoms. The SMILES string of the molecule is CC(C)CC(NC(=O)C1CCCN1C(=O)C(Cc1ccccc1)NC(=O)C(C)N)C(=O)O. The Morgan fingerprint density at radius 3 is 2.31 bits per heavy atom. The van der Waals surface area contributed by atoms with Crippen molar-refractivity contribution in [2.45, 2.75) is 70.6 Å². The number of carboxylic acid groups (broad SMARTS) is 1. The molecule has 0 bridgehead atoms. The lowest BCUT2D eigenvalue weighted by Gasteiger charge is -2.30. The highest BCUT2D eigenvalue weighted by atomic mass is 16.4. The van der Waals surface area contributed by atoms with Crippen molar-refractivity contribution in [3.05, 3.63) is 35.9 Å².